The maximum absolute atomic E-state index is 5.85. The van der Waals surface area contributed by atoms with Gasteiger partial charge >= 0.3 is 0 Å². The number of hydrogen-bond acceptors (Lipinski definition) is 4. The molecule has 0 N–H and O–H groups in total. The van der Waals surface area contributed by atoms with Crippen molar-refractivity contribution in [1.29, 1.82) is 0 Å². The molecule has 0 spiro atoms. The summed E-state index contributed by atoms with van der Waals surface area (Å²) in [6.45, 7) is 9.12. The van der Waals surface area contributed by atoms with Gasteiger partial charge in [0.05, 0.1) is 12.7 Å². The van der Waals surface area contributed by atoms with Crippen LogP contribution in [-0.4, -0.2) is 32.5 Å². The van der Waals surface area contributed by atoms with E-state index in [4.69, 9.17) is 18.9 Å². The van der Waals surface area contributed by atoms with Crippen LogP contribution in [0.3, 0.4) is 0 Å². The molecule has 0 atom stereocenters. The minimum absolute atomic E-state index is 0.275. The second-order valence-electron chi connectivity index (χ2n) is 6.44. The van der Waals surface area contributed by atoms with Crippen molar-refractivity contribution in [3.63, 3.8) is 0 Å². The lowest BCUT2D eigenvalue weighted by Crippen LogP contribution is -2.11. The largest absolute Gasteiger partial charge is 0.491 e. The van der Waals surface area contributed by atoms with Crippen LogP contribution >= 0.6 is 0 Å². The van der Waals surface area contributed by atoms with Gasteiger partial charge in [-0.1, -0.05) is 35.9 Å². The molecule has 0 unspecified atom stereocenters. The van der Waals surface area contributed by atoms with E-state index in [-0.39, 0.29) is 6.10 Å². The van der Waals surface area contributed by atoms with Crippen molar-refractivity contribution in [2.75, 3.05) is 26.4 Å². The fourth-order valence-electron chi connectivity index (χ4n) is 2.35. The maximum Gasteiger partial charge on any atom is 0.126 e. The lowest BCUT2D eigenvalue weighted by atomic mass is 10.2. The summed E-state index contributed by atoms with van der Waals surface area (Å²) in [6.07, 6.45) is 1.18. The molecule has 0 heterocycles. The highest BCUT2D eigenvalue weighted by Gasteiger charge is 2.04. The van der Waals surface area contributed by atoms with Crippen molar-refractivity contribution < 1.29 is 18.9 Å². The molecule has 0 aromatic heterocycles. The zero-order valence-electron chi connectivity index (χ0n) is 16.1. The molecule has 2 aromatic rings. The fourth-order valence-corrected chi connectivity index (χ4v) is 2.35. The van der Waals surface area contributed by atoms with Gasteiger partial charge < -0.3 is 18.9 Å². The first-order valence-corrected chi connectivity index (χ1v) is 9.24. The summed E-state index contributed by atoms with van der Waals surface area (Å²) >= 11 is 0. The molecule has 4 nitrogen and oxygen atoms in total. The highest BCUT2D eigenvalue weighted by molar-refractivity contribution is 5.34. The predicted octanol–water partition coefficient (Wildman–Crippen LogP) is 4.78. The van der Waals surface area contributed by atoms with Gasteiger partial charge in [0.2, 0.25) is 0 Å². The normalized spacial score (nSPS) is 10.9. The Balaban J connectivity index is 1.68. The summed E-state index contributed by atoms with van der Waals surface area (Å²) in [4.78, 5) is 0. The van der Waals surface area contributed by atoms with E-state index in [1.165, 1.54) is 5.56 Å². The van der Waals surface area contributed by atoms with E-state index in [9.17, 15) is 0 Å². The van der Waals surface area contributed by atoms with E-state index in [0.29, 0.717) is 26.4 Å². The lowest BCUT2D eigenvalue weighted by Gasteiger charge is -2.13. The number of aryl methyl sites for hydroxylation is 1. The summed E-state index contributed by atoms with van der Waals surface area (Å²) < 4.78 is 22.8. The summed E-state index contributed by atoms with van der Waals surface area (Å²) in [6, 6.07) is 16.0. The predicted molar refractivity (Wildman–Crippen MR) is 104 cm³/mol. The highest BCUT2D eigenvalue weighted by atomic mass is 16.5. The standard InChI is InChI=1S/C22H30O4/c1-18(2)24-14-6-13-23-15-16-25-22-8-5-4-7-20(22)17-26-21-11-9-19(3)10-12-21/h4-5,7-12,18H,6,13-17H2,1-3H3. The molecule has 0 radical (unpaired) electrons. The van der Waals surface area contributed by atoms with Crippen LogP contribution in [0.2, 0.25) is 0 Å². The van der Waals surface area contributed by atoms with Gasteiger partial charge in [-0.2, -0.15) is 0 Å². The van der Waals surface area contributed by atoms with Gasteiger partial charge in [-0.15, -0.1) is 0 Å². The Hall–Kier alpha value is -2.04. The first kappa shape index (κ1) is 20.3. The van der Waals surface area contributed by atoms with Crippen LogP contribution in [0.4, 0.5) is 0 Å². The van der Waals surface area contributed by atoms with E-state index >= 15 is 0 Å². The minimum atomic E-state index is 0.275. The molecule has 0 amide bonds. The van der Waals surface area contributed by atoms with Crippen molar-refractivity contribution in [3.8, 4) is 11.5 Å². The third-order valence-electron chi connectivity index (χ3n) is 3.76. The Morgan fingerprint density at radius 3 is 2.35 bits per heavy atom. The van der Waals surface area contributed by atoms with Gasteiger partial charge in [0, 0.05) is 18.8 Å². The Morgan fingerprint density at radius 2 is 1.58 bits per heavy atom. The molecule has 0 fully saturated rings. The molecule has 2 aromatic carbocycles. The second kappa shape index (κ2) is 11.6. The third kappa shape index (κ3) is 7.89. The molecule has 0 bridgehead atoms. The van der Waals surface area contributed by atoms with Gasteiger partial charge in [0.1, 0.15) is 24.7 Å². The van der Waals surface area contributed by atoms with Crippen LogP contribution in [0.15, 0.2) is 48.5 Å². The van der Waals surface area contributed by atoms with Crippen LogP contribution in [-0.2, 0) is 16.1 Å². The number of para-hydroxylation sites is 1. The molecule has 26 heavy (non-hydrogen) atoms. The van der Waals surface area contributed by atoms with Crippen LogP contribution in [0.1, 0.15) is 31.4 Å². The van der Waals surface area contributed by atoms with E-state index in [1.54, 1.807) is 0 Å². The number of benzene rings is 2. The fraction of sp³-hybridized carbons (Fsp3) is 0.455. The summed E-state index contributed by atoms with van der Waals surface area (Å²) in [5.74, 6) is 1.70. The molecule has 0 saturated carbocycles. The van der Waals surface area contributed by atoms with E-state index in [0.717, 1.165) is 30.1 Å². The van der Waals surface area contributed by atoms with E-state index in [2.05, 4.69) is 6.92 Å². The van der Waals surface area contributed by atoms with Crippen molar-refractivity contribution >= 4 is 0 Å². The lowest BCUT2D eigenvalue weighted by molar-refractivity contribution is 0.0445. The SMILES string of the molecule is Cc1ccc(OCc2ccccc2OCCOCCCOC(C)C)cc1. The van der Waals surface area contributed by atoms with E-state index in [1.807, 2.05) is 62.4 Å². The molecular formula is C22H30O4. The second-order valence-corrected chi connectivity index (χ2v) is 6.44. The molecule has 0 saturated heterocycles. The van der Waals surface area contributed by atoms with Gasteiger partial charge in [0.15, 0.2) is 0 Å². The van der Waals surface area contributed by atoms with Gasteiger partial charge in [-0.25, -0.2) is 0 Å². The van der Waals surface area contributed by atoms with Crippen molar-refractivity contribution in [2.45, 2.75) is 39.9 Å². The topological polar surface area (TPSA) is 36.9 Å². The third-order valence-corrected chi connectivity index (χ3v) is 3.76. The first-order valence-electron chi connectivity index (χ1n) is 9.24. The van der Waals surface area contributed by atoms with Crippen LogP contribution < -0.4 is 9.47 Å². The van der Waals surface area contributed by atoms with Gasteiger partial charge in [-0.3, -0.25) is 0 Å². The zero-order valence-corrected chi connectivity index (χ0v) is 16.1. The van der Waals surface area contributed by atoms with Gasteiger partial charge in [0.25, 0.3) is 0 Å². The molecule has 0 aliphatic rings. The number of ether oxygens (including phenoxy) is 4. The Morgan fingerprint density at radius 1 is 0.808 bits per heavy atom. The minimum Gasteiger partial charge on any atom is -0.491 e. The van der Waals surface area contributed by atoms with Crippen LogP contribution in [0.25, 0.3) is 0 Å². The smallest absolute Gasteiger partial charge is 0.126 e. The Bertz CT molecular complexity index is 622. The van der Waals surface area contributed by atoms with Crippen molar-refractivity contribution in [3.05, 3.63) is 59.7 Å². The highest BCUT2D eigenvalue weighted by Crippen LogP contribution is 2.21. The van der Waals surface area contributed by atoms with Crippen molar-refractivity contribution in [1.82, 2.24) is 0 Å². The Labute approximate surface area is 157 Å². The quantitative estimate of drug-likeness (QED) is 0.512. The van der Waals surface area contributed by atoms with Crippen molar-refractivity contribution in [2.24, 2.45) is 0 Å². The first-order chi connectivity index (χ1) is 12.6. The number of hydrogen-bond donors (Lipinski definition) is 0. The molecule has 4 heteroatoms. The average molecular weight is 358 g/mol. The molecular weight excluding hydrogens is 328 g/mol. The maximum atomic E-state index is 5.85. The van der Waals surface area contributed by atoms with Crippen LogP contribution in [0.5, 0.6) is 11.5 Å². The number of rotatable bonds is 12. The van der Waals surface area contributed by atoms with Crippen LogP contribution in [0, 0.1) is 6.92 Å². The monoisotopic (exact) mass is 358 g/mol. The zero-order chi connectivity index (χ0) is 18.6. The molecule has 0 aliphatic carbocycles. The Kier molecular flexibility index (Phi) is 9.01. The summed E-state index contributed by atoms with van der Waals surface area (Å²) in [5, 5.41) is 0. The molecule has 0 aliphatic heterocycles. The summed E-state index contributed by atoms with van der Waals surface area (Å²) in [7, 11) is 0. The summed E-state index contributed by atoms with van der Waals surface area (Å²) in [5.41, 5.74) is 2.25. The molecule has 142 valence electrons. The van der Waals surface area contributed by atoms with E-state index < -0.39 is 0 Å². The van der Waals surface area contributed by atoms with Gasteiger partial charge in [-0.05, 0) is 45.4 Å². The molecule has 2 rings (SSSR count). The average Bonchev–Trinajstić information content (AvgIpc) is 2.64.